The summed E-state index contributed by atoms with van der Waals surface area (Å²) in [6, 6.07) is 3.29. The van der Waals surface area contributed by atoms with Gasteiger partial charge in [0.25, 0.3) is 5.88 Å². The highest BCUT2D eigenvalue weighted by molar-refractivity contribution is 7.92. The summed E-state index contributed by atoms with van der Waals surface area (Å²) in [4.78, 5) is 11.1. The number of aromatic hydroxyl groups is 1. The normalized spacial score (nSPS) is 11.3. The minimum Gasteiger partial charge on any atom is -0.502 e. The zero-order chi connectivity index (χ0) is 17.4. The second kappa shape index (κ2) is 6.09. The molecule has 0 amide bonds. The van der Waals surface area contributed by atoms with Crippen LogP contribution in [0.5, 0.6) is 11.5 Å². The largest absolute Gasteiger partial charge is 0.502 e. The maximum Gasteiger partial charge on any atom is 0.308 e. The van der Waals surface area contributed by atoms with Gasteiger partial charge in [-0.25, -0.2) is 12.8 Å². The van der Waals surface area contributed by atoms with E-state index in [4.69, 9.17) is 20.8 Å². The van der Waals surface area contributed by atoms with Crippen LogP contribution in [0.2, 0.25) is 5.02 Å². The summed E-state index contributed by atoms with van der Waals surface area (Å²) in [6.45, 7) is 1.05. The number of nitrogens with one attached hydrogen (secondary N) is 1. The van der Waals surface area contributed by atoms with E-state index in [0.29, 0.717) is 0 Å². The molecule has 0 spiro atoms. The van der Waals surface area contributed by atoms with E-state index in [9.17, 15) is 22.7 Å². The molecule has 7 nitrogen and oxygen atoms in total. The standard InChI is InChI=1S/C13H11ClFNO6S/c1-6(17)21-12-10(18)11(22-13(12)16-23(2,19)20)8-5-7(15)3-4-9(8)14/h3-5,16,18H,1-2H3. The van der Waals surface area contributed by atoms with Crippen LogP contribution in [0.15, 0.2) is 22.6 Å². The van der Waals surface area contributed by atoms with E-state index in [1.807, 2.05) is 4.72 Å². The summed E-state index contributed by atoms with van der Waals surface area (Å²) >= 11 is 5.92. The summed E-state index contributed by atoms with van der Waals surface area (Å²) in [5.41, 5.74) is -0.0425. The van der Waals surface area contributed by atoms with E-state index in [1.54, 1.807) is 0 Å². The molecule has 2 rings (SSSR count). The fourth-order valence-corrected chi connectivity index (χ4v) is 2.41. The van der Waals surface area contributed by atoms with E-state index < -0.39 is 39.2 Å². The van der Waals surface area contributed by atoms with Crippen molar-refractivity contribution in [3.8, 4) is 22.8 Å². The van der Waals surface area contributed by atoms with E-state index in [2.05, 4.69) is 0 Å². The van der Waals surface area contributed by atoms with Crippen molar-refractivity contribution in [3.63, 3.8) is 0 Å². The van der Waals surface area contributed by atoms with Crippen LogP contribution in [0, 0.1) is 5.82 Å². The first-order valence-corrected chi connectivity index (χ1v) is 8.33. The molecule has 2 aromatic rings. The average molecular weight is 364 g/mol. The van der Waals surface area contributed by atoms with Crippen molar-refractivity contribution in [1.29, 1.82) is 0 Å². The van der Waals surface area contributed by atoms with Crippen molar-refractivity contribution in [3.05, 3.63) is 29.0 Å². The van der Waals surface area contributed by atoms with Crippen LogP contribution in [-0.4, -0.2) is 25.7 Å². The van der Waals surface area contributed by atoms with Crippen LogP contribution in [0.3, 0.4) is 0 Å². The second-order valence-corrected chi connectivity index (χ2v) is 6.69. The Morgan fingerprint density at radius 3 is 2.65 bits per heavy atom. The second-order valence-electron chi connectivity index (χ2n) is 4.53. The highest BCUT2D eigenvalue weighted by Gasteiger charge is 2.27. The summed E-state index contributed by atoms with van der Waals surface area (Å²) in [7, 11) is -3.79. The smallest absolute Gasteiger partial charge is 0.308 e. The van der Waals surface area contributed by atoms with Gasteiger partial charge in [-0.2, -0.15) is 0 Å². The van der Waals surface area contributed by atoms with Gasteiger partial charge in [0.05, 0.1) is 11.3 Å². The minimum absolute atomic E-state index is 0.0377. The molecule has 0 saturated heterocycles. The third-order valence-electron chi connectivity index (χ3n) is 2.54. The summed E-state index contributed by atoms with van der Waals surface area (Å²) in [5, 5.41) is 10.2. The monoisotopic (exact) mass is 363 g/mol. The number of furan rings is 1. The zero-order valence-electron chi connectivity index (χ0n) is 11.9. The van der Waals surface area contributed by atoms with Gasteiger partial charge in [0.15, 0.2) is 5.76 Å². The van der Waals surface area contributed by atoms with Crippen LogP contribution in [0.25, 0.3) is 11.3 Å². The highest BCUT2D eigenvalue weighted by Crippen LogP contribution is 2.48. The number of benzene rings is 1. The van der Waals surface area contributed by atoms with Crippen molar-refractivity contribution >= 4 is 33.5 Å². The Hall–Kier alpha value is -2.26. The summed E-state index contributed by atoms with van der Waals surface area (Å²) in [6.07, 6.45) is 0.832. The van der Waals surface area contributed by atoms with Crippen LogP contribution in [-0.2, 0) is 14.8 Å². The number of esters is 1. The third kappa shape index (κ3) is 3.93. The van der Waals surface area contributed by atoms with Crippen LogP contribution >= 0.6 is 11.6 Å². The lowest BCUT2D eigenvalue weighted by molar-refractivity contribution is -0.131. The fraction of sp³-hybridized carbons (Fsp3) is 0.154. The minimum atomic E-state index is -3.79. The number of carbonyl (C=O) groups excluding carboxylic acids is 1. The lowest BCUT2D eigenvalue weighted by Gasteiger charge is -2.02. The van der Waals surface area contributed by atoms with Gasteiger partial charge < -0.3 is 14.3 Å². The van der Waals surface area contributed by atoms with E-state index in [-0.39, 0.29) is 16.3 Å². The summed E-state index contributed by atoms with van der Waals surface area (Å²) < 4.78 is 47.9. The van der Waals surface area contributed by atoms with Gasteiger partial charge in [-0.3, -0.25) is 9.52 Å². The Kier molecular flexibility index (Phi) is 4.53. The topological polar surface area (TPSA) is 106 Å². The Labute approximate surface area is 135 Å². The van der Waals surface area contributed by atoms with Crippen molar-refractivity contribution in [1.82, 2.24) is 0 Å². The molecular weight excluding hydrogens is 353 g/mol. The molecule has 0 bridgehead atoms. The number of halogens is 2. The third-order valence-corrected chi connectivity index (χ3v) is 3.42. The van der Waals surface area contributed by atoms with E-state index in [1.165, 1.54) is 6.07 Å². The first-order chi connectivity index (χ1) is 10.6. The molecule has 23 heavy (non-hydrogen) atoms. The van der Waals surface area contributed by atoms with Gasteiger partial charge in [0, 0.05) is 12.5 Å². The molecule has 2 N–H and O–H groups in total. The molecule has 0 aliphatic rings. The molecule has 0 fully saturated rings. The number of anilines is 1. The number of rotatable bonds is 4. The molecule has 1 aromatic carbocycles. The summed E-state index contributed by atoms with van der Waals surface area (Å²) in [5.74, 6) is -3.61. The van der Waals surface area contributed by atoms with Crippen molar-refractivity contribution in [2.75, 3.05) is 11.0 Å². The van der Waals surface area contributed by atoms with Gasteiger partial charge in [-0.15, -0.1) is 0 Å². The van der Waals surface area contributed by atoms with Crippen LogP contribution in [0.1, 0.15) is 6.92 Å². The van der Waals surface area contributed by atoms with Gasteiger partial charge in [0.1, 0.15) is 5.82 Å². The first-order valence-electron chi connectivity index (χ1n) is 6.06. The highest BCUT2D eigenvalue weighted by atomic mass is 35.5. The predicted octanol–water partition coefficient (Wildman–Crippen LogP) is 2.74. The van der Waals surface area contributed by atoms with E-state index in [0.717, 1.165) is 25.3 Å². The predicted molar refractivity (Wildman–Crippen MR) is 80.6 cm³/mol. The van der Waals surface area contributed by atoms with Crippen molar-refractivity contribution in [2.24, 2.45) is 0 Å². The first kappa shape index (κ1) is 17.1. The van der Waals surface area contributed by atoms with E-state index >= 15 is 0 Å². The lowest BCUT2D eigenvalue weighted by atomic mass is 10.1. The van der Waals surface area contributed by atoms with Crippen molar-refractivity contribution in [2.45, 2.75) is 6.92 Å². The van der Waals surface area contributed by atoms with Gasteiger partial charge in [0.2, 0.25) is 21.5 Å². The van der Waals surface area contributed by atoms with Gasteiger partial charge >= 0.3 is 5.97 Å². The van der Waals surface area contributed by atoms with Crippen LogP contribution < -0.4 is 9.46 Å². The molecule has 10 heteroatoms. The lowest BCUT2D eigenvalue weighted by Crippen LogP contribution is -2.11. The Morgan fingerprint density at radius 2 is 2.09 bits per heavy atom. The number of ether oxygens (including phenoxy) is 1. The number of hydrogen-bond donors (Lipinski definition) is 2. The number of hydrogen-bond acceptors (Lipinski definition) is 6. The van der Waals surface area contributed by atoms with Crippen molar-refractivity contribution < 1.29 is 31.9 Å². The van der Waals surface area contributed by atoms with Gasteiger partial charge in [-0.1, -0.05) is 11.6 Å². The molecule has 0 aliphatic carbocycles. The Balaban J connectivity index is 2.66. The quantitative estimate of drug-likeness (QED) is 0.809. The molecule has 1 aromatic heterocycles. The average Bonchev–Trinajstić information content (AvgIpc) is 2.68. The molecule has 0 atom stereocenters. The zero-order valence-corrected chi connectivity index (χ0v) is 13.5. The number of sulfonamides is 1. The molecule has 124 valence electrons. The fourth-order valence-electron chi connectivity index (χ4n) is 1.74. The molecular formula is C13H11ClFNO6S. The Morgan fingerprint density at radius 1 is 1.43 bits per heavy atom. The molecule has 0 radical (unpaired) electrons. The maximum atomic E-state index is 13.4. The molecule has 0 unspecified atom stereocenters. The molecule has 0 saturated carbocycles. The maximum absolute atomic E-state index is 13.4. The van der Waals surface area contributed by atoms with Crippen LogP contribution in [0.4, 0.5) is 10.3 Å². The van der Waals surface area contributed by atoms with Gasteiger partial charge in [-0.05, 0) is 18.2 Å². The molecule has 0 aliphatic heterocycles. The molecule has 1 heterocycles. The SMILES string of the molecule is CC(=O)Oc1c(NS(C)(=O)=O)oc(-c2cc(F)ccc2Cl)c1O. The number of carbonyl (C=O) groups is 1. The Bertz CT molecular complexity index is 877.